The van der Waals surface area contributed by atoms with Crippen molar-refractivity contribution in [3.8, 4) is 0 Å². The largest absolute Gasteiger partial charge is 0.444 e. The van der Waals surface area contributed by atoms with Crippen LogP contribution in [0.25, 0.3) is 0 Å². The Morgan fingerprint density at radius 1 is 0.939 bits per heavy atom. The first kappa shape index (κ1) is 38.6. The van der Waals surface area contributed by atoms with E-state index < -0.39 is 19.5 Å². The average molecular weight is 686 g/mol. The van der Waals surface area contributed by atoms with E-state index in [4.69, 9.17) is 13.9 Å². The van der Waals surface area contributed by atoms with Gasteiger partial charge in [0.2, 0.25) is 0 Å². The van der Waals surface area contributed by atoms with Crippen molar-refractivity contribution in [1.29, 1.82) is 0 Å². The number of likely N-dealkylation sites (tertiary alicyclic amines) is 1. The molecule has 1 fully saturated rings. The summed E-state index contributed by atoms with van der Waals surface area (Å²) in [6.45, 7) is 17.8. The maximum absolute atomic E-state index is 14.0. The highest BCUT2D eigenvalue weighted by Gasteiger charge is 2.54. The first-order chi connectivity index (χ1) is 23.4. The Morgan fingerprint density at radius 2 is 1.51 bits per heavy atom. The third-order valence-corrected chi connectivity index (χ3v) is 15.0. The van der Waals surface area contributed by atoms with Crippen molar-refractivity contribution in [1.82, 2.24) is 4.90 Å². The molecule has 49 heavy (non-hydrogen) atoms. The van der Waals surface area contributed by atoms with E-state index in [1.165, 1.54) is 10.4 Å². The number of allylic oxidation sites excluding steroid dienone is 1. The Hall–Kier alpha value is -3.23. The van der Waals surface area contributed by atoms with Crippen molar-refractivity contribution < 1.29 is 23.8 Å². The maximum Gasteiger partial charge on any atom is 0.411 e. The SMILES string of the molecule is C=CCC[C@@H](CCCO[Si](c1ccccc1)(c1ccccc1)C(C)(C)C)[C@]1(CO)CC[C@@H](COCc2ccccc2)N1C(=O)OC(C)(C)C. The Bertz CT molecular complexity index is 1400. The van der Waals surface area contributed by atoms with Crippen LogP contribution < -0.4 is 10.4 Å². The number of carbonyl (C=O) groups is 1. The highest BCUT2D eigenvalue weighted by Crippen LogP contribution is 2.45. The van der Waals surface area contributed by atoms with Gasteiger partial charge in [-0.2, -0.15) is 0 Å². The number of carbonyl (C=O) groups excluding carboxylic acids is 1. The fourth-order valence-corrected chi connectivity index (χ4v) is 12.3. The lowest BCUT2D eigenvalue weighted by molar-refractivity contribution is -0.0502. The zero-order valence-corrected chi connectivity index (χ0v) is 31.7. The smallest absolute Gasteiger partial charge is 0.411 e. The van der Waals surface area contributed by atoms with E-state index in [1.54, 1.807) is 0 Å². The highest BCUT2D eigenvalue weighted by atomic mass is 28.4. The van der Waals surface area contributed by atoms with Crippen LogP contribution in [0, 0.1) is 5.92 Å². The molecule has 266 valence electrons. The molecule has 0 aliphatic carbocycles. The first-order valence-corrected chi connectivity index (χ1v) is 19.9. The van der Waals surface area contributed by atoms with Crippen LogP contribution in [0.5, 0.6) is 0 Å². The van der Waals surface area contributed by atoms with Gasteiger partial charge in [0.25, 0.3) is 8.32 Å². The number of nitrogens with zero attached hydrogens (tertiary/aromatic N) is 1. The van der Waals surface area contributed by atoms with E-state index in [0.29, 0.717) is 26.2 Å². The molecule has 3 aromatic carbocycles. The van der Waals surface area contributed by atoms with Crippen LogP contribution in [0.1, 0.15) is 85.6 Å². The van der Waals surface area contributed by atoms with E-state index in [2.05, 4.69) is 88.0 Å². The molecular weight excluding hydrogens is 627 g/mol. The topological polar surface area (TPSA) is 68.2 Å². The number of rotatable bonds is 16. The molecule has 1 N–H and O–H groups in total. The van der Waals surface area contributed by atoms with Gasteiger partial charge in [-0.3, -0.25) is 4.90 Å². The highest BCUT2D eigenvalue weighted by molar-refractivity contribution is 6.99. The molecule has 0 unspecified atom stereocenters. The molecule has 3 aromatic rings. The van der Waals surface area contributed by atoms with E-state index in [0.717, 1.165) is 37.7 Å². The zero-order valence-electron chi connectivity index (χ0n) is 30.7. The average Bonchev–Trinajstić information content (AvgIpc) is 3.45. The molecule has 7 heteroatoms. The monoisotopic (exact) mass is 685 g/mol. The minimum atomic E-state index is -2.68. The zero-order chi connectivity index (χ0) is 35.5. The van der Waals surface area contributed by atoms with Crippen LogP contribution in [0.3, 0.4) is 0 Å². The lowest BCUT2D eigenvalue weighted by Crippen LogP contribution is -2.66. The van der Waals surface area contributed by atoms with Crippen LogP contribution in [0.4, 0.5) is 4.79 Å². The lowest BCUT2D eigenvalue weighted by atomic mass is 9.76. The molecule has 0 bridgehead atoms. The molecule has 3 atom stereocenters. The van der Waals surface area contributed by atoms with E-state index in [-0.39, 0.29) is 29.7 Å². The van der Waals surface area contributed by atoms with E-state index >= 15 is 0 Å². The molecule has 0 saturated carbocycles. The molecule has 1 aliphatic rings. The summed E-state index contributed by atoms with van der Waals surface area (Å²) in [5.41, 5.74) is -0.359. The summed E-state index contributed by atoms with van der Waals surface area (Å²) < 4.78 is 19.5. The second-order valence-electron chi connectivity index (χ2n) is 15.5. The number of aliphatic hydroxyl groups is 1. The summed E-state index contributed by atoms with van der Waals surface area (Å²) in [6.07, 6.45) is 6.15. The molecule has 6 nitrogen and oxygen atoms in total. The molecule has 4 rings (SSSR count). The number of ether oxygens (including phenoxy) is 2. The summed E-state index contributed by atoms with van der Waals surface area (Å²) in [4.78, 5) is 15.9. The molecule has 1 saturated heterocycles. The Morgan fingerprint density at radius 3 is 2.02 bits per heavy atom. The number of aliphatic hydroxyl groups excluding tert-OH is 1. The van der Waals surface area contributed by atoms with Crippen LogP contribution in [0.15, 0.2) is 104 Å². The molecule has 0 radical (unpaired) electrons. The fraction of sp³-hybridized carbons (Fsp3) is 0.500. The third-order valence-electron chi connectivity index (χ3n) is 9.95. The lowest BCUT2D eigenvalue weighted by Gasteiger charge is -2.46. The molecule has 1 aliphatic heterocycles. The Labute approximate surface area is 296 Å². The fourth-order valence-electron chi connectivity index (χ4n) is 7.72. The van der Waals surface area contributed by atoms with Gasteiger partial charge in [0.15, 0.2) is 0 Å². The van der Waals surface area contributed by atoms with E-state index in [1.807, 2.05) is 62.1 Å². The molecule has 1 amide bonds. The first-order valence-electron chi connectivity index (χ1n) is 18.0. The van der Waals surface area contributed by atoms with Crippen molar-refractivity contribution in [2.24, 2.45) is 5.92 Å². The second kappa shape index (κ2) is 17.1. The summed E-state index contributed by atoms with van der Waals surface area (Å²) in [5.74, 6) is 0.0184. The predicted octanol–water partition coefficient (Wildman–Crippen LogP) is 8.27. The van der Waals surface area contributed by atoms with Crippen LogP contribution >= 0.6 is 0 Å². The Balaban J connectivity index is 1.59. The summed E-state index contributed by atoms with van der Waals surface area (Å²) in [7, 11) is -2.68. The van der Waals surface area contributed by atoms with Gasteiger partial charge >= 0.3 is 6.09 Å². The summed E-state index contributed by atoms with van der Waals surface area (Å²) >= 11 is 0. The minimum Gasteiger partial charge on any atom is -0.444 e. The number of amides is 1. The molecule has 1 heterocycles. The van der Waals surface area contributed by atoms with Crippen molar-refractivity contribution in [3.05, 3.63) is 109 Å². The Kier molecular flexibility index (Phi) is 13.5. The van der Waals surface area contributed by atoms with E-state index in [9.17, 15) is 9.90 Å². The minimum absolute atomic E-state index is 0.0184. The van der Waals surface area contributed by atoms with Gasteiger partial charge in [-0.1, -0.05) is 118 Å². The molecular formula is C42H59NO5Si. The number of hydrogen-bond donors (Lipinski definition) is 1. The van der Waals surface area contributed by atoms with Gasteiger partial charge in [-0.05, 0) is 86.2 Å². The van der Waals surface area contributed by atoms with Gasteiger partial charge < -0.3 is 19.0 Å². The summed E-state index contributed by atoms with van der Waals surface area (Å²) in [6, 6.07) is 31.3. The summed E-state index contributed by atoms with van der Waals surface area (Å²) in [5, 5.41) is 13.7. The van der Waals surface area contributed by atoms with Crippen molar-refractivity contribution >= 4 is 24.8 Å². The second-order valence-corrected chi connectivity index (χ2v) is 19.8. The predicted molar refractivity (Wildman–Crippen MR) is 203 cm³/mol. The van der Waals surface area contributed by atoms with Gasteiger partial charge in [0, 0.05) is 6.61 Å². The van der Waals surface area contributed by atoms with Crippen LogP contribution in [-0.4, -0.2) is 61.4 Å². The van der Waals surface area contributed by atoms with Gasteiger partial charge in [-0.25, -0.2) is 4.79 Å². The quantitative estimate of drug-likeness (QED) is 0.0934. The van der Waals surface area contributed by atoms with Crippen molar-refractivity contribution in [2.75, 3.05) is 19.8 Å². The standard InChI is InChI=1S/C42H59NO5Si/c1-8-9-22-35(23-19-30-47-49(41(5,6)7,37-24-15-11-16-25-37)38-26-17-12-18-27-38)42(33-44)29-28-36(43(42)39(45)48-40(2,3)4)32-46-31-34-20-13-10-14-21-34/h8,10-18,20-21,24-27,35-36,44H,1,9,19,22-23,28-33H2,2-7H3/t35-,36-,42+/m0/s1. The van der Waals surface area contributed by atoms with Gasteiger partial charge in [-0.15, -0.1) is 6.58 Å². The number of hydrogen-bond acceptors (Lipinski definition) is 5. The van der Waals surface area contributed by atoms with Gasteiger partial charge in [0.05, 0.1) is 31.4 Å². The molecule has 0 spiro atoms. The van der Waals surface area contributed by atoms with Crippen molar-refractivity contribution in [2.45, 2.75) is 109 Å². The van der Waals surface area contributed by atoms with Gasteiger partial charge in [0.1, 0.15) is 5.60 Å². The third kappa shape index (κ3) is 9.31. The maximum atomic E-state index is 14.0. The van der Waals surface area contributed by atoms with Crippen molar-refractivity contribution in [3.63, 3.8) is 0 Å². The number of benzene rings is 3. The molecule has 0 aromatic heterocycles. The van der Waals surface area contributed by atoms with Crippen LogP contribution in [0.2, 0.25) is 5.04 Å². The normalized spacial score (nSPS) is 19.1. The van der Waals surface area contributed by atoms with Crippen LogP contribution in [-0.2, 0) is 20.5 Å².